The van der Waals surface area contributed by atoms with Crippen molar-refractivity contribution in [2.45, 2.75) is 45.1 Å². The molecule has 1 aromatic carbocycles. The molecular formula is C16H25FN2O. The van der Waals surface area contributed by atoms with Gasteiger partial charge in [0.25, 0.3) is 0 Å². The lowest BCUT2D eigenvalue weighted by atomic mass is 10.1. The van der Waals surface area contributed by atoms with E-state index in [1.807, 2.05) is 6.92 Å². The summed E-state index contributed by atoms with van der Waals surface area (Å²) in [4.78, 5) is 13.7. The number of hydrogen-bond donors (Lipinski definition) is 1. The lowest BCUT2D eigenvalue weighted by molar-refractivity contribution is -0.132. The second-order valence-corrected chi connectivity index (χ2v) is 5.16. The van der Waals surface area contributed by atoms with Gasteiger partial charge in [0.15, 0.2) is 0 Å². The fraction of sp³-hybridized carbons (Fsp3) is 0.562. The number of nitrogens with zero attached hydrogens (tertiary/aromatic N) is 1. The molecule has 0 aliphatic rings. The van der Waals surface area contributed by atoms with Crippen LogP contribution in [-0.4, -0.2) is 24.4 Å². The van der Waals surface area contributed by atoms with E-state index in [1.165, 1.54) is 6.07 Å². The minimum absolute atomic E-state index is 0.0634. The molecule has 1 rings (SSSR count). The van der Waals surface area contributed by atoms with Gasteiger partial charge in [-0.2, -0.15) is 0 Å². The standard InChI is InChI=1S/C16H25FN2O/c1-13(14-9-6-7-10-15(14)17)19(2)16(20)11-5-3-4-8-12-18/h6-7,9-10,13H,3-5,8,11-12,18H2,1-2H3. The van der Waals surface area contributed by atoms with E-state index in [4.69, 9.17) is 5.73 Å². The van der Waals surface area contributed by atoms with Crippen molar-refractivity contribution in [2.75, 3.05) is 13.6 Å². The molecule has 1 atom stereocenters. The van der Waals surface area contributed by atoms with Gasteiger partial charge in [0.1, 0.15) is 5.82 Å². The Balaban J connectivity index is 2.46. The molecule has 0 fully saturated rings. The predicted octanol–water partition coefficient (Wildman–Crippen LogP) is 3.25. The Labute approximate surface area is 121 Å². The molecule has 0 saturated carbocycles. The Hall–Kier alpha value is -1.42. The third-order valence-electron chi connectivity index (χ3n) is 3.67. The molecule has 1 amide bonds. The summed E-state index contributed by atoms with van der Waals surface area (Å²) in [6.45, 7) is 2.56. The molecule has 4 heteroatoms. The molecule has 0 radical (unpaired) electrons. The molecule has 0 spiro atoms. The minimum atomic E-state index is -0.261. The Morgan fingerprint density at radius 1 is 1.25 bits per heavy atom. The van der Waals surface area contributed by atoms with Crippen molar-refractivity contribution in [1.82, 2.24) is 4.90 Å². The van der Waals surface area contributed by atoms with E-state index in [-0.39, 0.29) is 17.8 Å². The van der Waals surface area contributed by atoms with Crippen LogP contribution < -0.4 is 5.73 Å². The van der Waals surface area contributed by atoms with Gasteiger partial charge in [-0.25, -0.2) is 4.39 Å². The van der Waals surface area contributed by atoms with Gasteiger partial charge in [0.05, 0.1) is 6.04 Å². The molecule has 0 aliphatic carbocycles. The van der Waals surface area contributed by atoms with E-state index in [2.05, 4.69) is 0 Å². The SMILES string of the molecule is CC(c1ccccc1F)N(C)C(=O)CCCCCCN. The fourth-order valence-corrected chi connectivity index (χ4v) is 2.19. The summed E-state index contributed by atoms with van der Waals surface area (Å²) in [5.41, 5.74) is 5.99. The van der Waals surface area contributed by atoms with Gasteiger partial charge in [-0.15, -0.1) is 0 Å². The van der Waals surface area contributed by atoms with E-state index in [9.17, 15) is 9.18 Å². The van der Waals surface area contributed by atoms with Crippen molar-refractivity contribution in [3.8, 4) is 0 Å². The minimum Gasteiger partial charge on any atom is -0.339 e. The van der Waals surface area contributed by atoms with Gasteiger partial charge >= 0.3 is 0 Å². The maximum absolute atomic E-state index is 13.7. The highest BCUT2D eigenvalue weighted by atomic mass is 19.1. The molecule has 0 heterocycles. The maximum atomic E-state index is 13.7. The van der Waals surface area contributed by atoms with Crippen LogP contribution >= 0.6 is 0 Å². The van der Waals surface area contributed by atoms with Crippen LogP contribution in [0.15, 0.2) is 24.3 Å². The lowest BCUT2D eigenvalue weighted by Crippen LogP contribution is -2.29. The Kier molecular flexibility index (Phi) is 7.23. The quantitative estimate of drug-likeness (QED) is 0.743. The Bertz CT molecular complexity index is 423. The van der Waals surface area contributed by atoms with Crippen LogP contribution in [0.5, 0.6) is 0 Å². The fourth-order valence-electron chi connectivity index (χ4n) is 2.19. The molecule has 112 valence electrons. The van der Waals surface area contributed by atoms with Crippen molar-refractivity contribution in [2.24, 2.45) is 5.73 Å². The summed E-state index contributed by atoms with van der Waals surface area (Å²) in [6, 6.07) is 6.36. The van der Waals surface area contributed by atoms with Crippen molar-refractivity contribution in [3.05, 3.63) is 35.6 Å². The van der Waals surface area contributed by atoms with Gasteiger partial charge in [-0.1, -0.05) is 31.0 Å². The highest BCUT2D eigenvalue weighted by Gasteiger charge is 2.19. The number of halogens is 1. The molecule has 0 aliphatic heterocycles. The molecule has 2 N–H and O–H groups in total. The van der Waals surface area contributed by atoms with E-state index in [0.717, 1.165) is 25.7 Å². The monoisotopic (exact) mass is 280 g/mol. The zero-order valence-electron chi connectivity index (χ0n) is 12.4. The summed E-state index contributed by atoms with van der Waals surface area (Å²) < 4.78 is 13.7. The van der Waals surface area contributed by atoms with Gasteiger partial charge in [0.2, 0.25) is 5.91 Å². The van der Waals surface area contributed by atoms with Crippen LogP contribution in [0, 0.1) is 5.82 Å². The zero-order chi connectivity index (χ0) is 15.0. The van der Waals surface area contributed by atoms with Gasteiger partial charge in [-0.3, -0.25) is 4.79 Å². The average molecular weight is 280 g/mol. The van der Waals surface area contributed by atoms with Crippen molar-refractivity contribution in [1.29, 1.82) is 0 Å². The highest BCUT2D eigenvalue weighted by Crippen LogP contribution is 2.22. The van der Waals surface area contributed by atoms with Gasteiger partial charge in [0, 0.05) is 19.0 Å². The van der Waals surface area contributed by atoms with Crippen LogP contribution in [0.2, 0.25) is 0 Å². The smallest absolute Gasteiger partial charge is 0.222 e. The molecule has 0 saturated heterocycles. The molecule has 1 unspecified atom stereocenters. The van der Waals surface area contributed by atoms with Crippen molar-refractivity contribution >= 4 is 5.91 Å². The maximum Gasteiger partial charge on any atom is 0.222 e. The molecule has 0 aromatic heterocycles. The zero-order valence-corrected chi connectivity index (χ0v) is 12.4. The first-order valence-corrected chi connectivity index (χ1v) is 7.28. The first kappa shape index (κ1) is 16.6. The molecule has 0 bridgehead atoms. The van der Waals surface area contributed by atoms with Crippen LogP contribution in [0.4, 0.5) is 4.39 Å². The van der Waals surface area contributed by atoms with E-state index in [1.54, 1.807) is 30.1 Å². The summed E-state index contributed by atoms with van der Waals surface area (Å²) in [7, 11) is 1.74. The summed E-state index contributed by atoms with van der Waals surface area (Å²) in [5, 5.41) is 0. The number of unbranched alkanes of at least 4 members (excludes halogenated alkanes) is 3. The third kappa shape index (κ3) is 4.93. The number of nitrogens with two attached hydrogens (primary N) is 1. The average Bonchev–Trinajstić information content (AvgIpc) is 2.46. The normalized spacial score (nSPS) is 12.2. The summed E-state index contributed by atoms with van der Waals surface area (Å²) in [5.74, 6) is -0.198. The highest BCUT2D eigenvalue weighted by molar-refractivity contribution is 5.76. The predicted molar refractivity (Wildman–Crippen MR) is 79.7 cm³/mol. The summed E-state index contributed by atoms with van der Waals surface area (Å²) >= 11 is 0. The van der Waals surface area contributed by atoms with Crippen LogP contribution in [-0.2, 0) is 4.79 Å². The molecule has 3 nitrogen and oxygen atoms in total. The van der Waals surface area contributed by atoms with Crippen molar-refractivity contribution in [3.63, 3.8) is 0 Å². The topological polar surface area (TPSA) is 46.3 Å². The van der Waals surface area contributed by atoms with E-state index >= 15 is 0 Å². The summed E-state index contributed by atoms with van der Waals surface area (Å²) in [6.07, 6.45) is 4.48. The van der Waals surface area contributed by atoms with Gasteiger partial charge < -0.3 is 10.6 Å². The van der Waals surface area contributed by atoms with Crippen molar-refractivity contribution < 1.29 is 9.18 Å². The third-order valence-corrected chi connectivity index (χ3v) is 3.67. The second-order valence-electron chi connectivity index (χ2n) is 5.16. The number of carbonyl (C=O) groups excluding carboxylic acids is 1. The van der Waals surface area contributed by atoms with Gasteiger partial charge in [-0.05, 0) is 32.4 Å². The first-order chi connectivity index (χ1) is 9.57. The number of amides is 1. The molecular weight excluding hydrogens is 255 g/mol. The Morgan fingerprint density at radius 2 is 1.90 bits per heavy atom. The lowest BCUT2D eigenvalue weighted by Gasteiger charge is -2.25. The van der Waals surface area contributed by atoms with E-state index < -0.39 is 0 Å². The number of benzene rings is 1. The number of rotatable bonds is 8. The second kappa shape index (κ2) is 8.69. The number of hydrogen-bond acceptors (Lipinski definition) is 2. The molecule has 1 aromatic rings. The van der Waals surface area contributed by atoms with E-state index in [0.29, 0.717) is 18.5 Å². The van der Waals surface area contributed by atoms with Crippen LogP contribution in [0.3, 0.4) is 0 Å². The first-order valence-electron chi connectivity index (χ1n) is 7.28. The van der Waals surface area contributed by atoms with Crippen LogP contribution in [0.1, 0.15) is 50.6 Å². The van der Waals surface area contributed by atoms with Crippen LogP contribution in [0.25, 0.3) is 0 Å². The number of carbonyl (C=O) groups is 1. The Morgan fingerprint density at radius 3 is 2.55 bits per heavy atom. The molecule has 20 heavy (non-hydrogen) atoms. The largest absolute Gasteiger partial charge is 0.339 e.